The first-order chi connectivity index (χ1) is 10.1. The molecule has 1 aromatic rings. The van der Waals surface area contributed by atoms with Crippen molar-refractivity contribution >= 4 is 5.91 Å². The van der Waals surface area contributed by atoms with Crippen LogP contribution in [0.3, 0.4) is 0 Å². The average molecular weight is 294 g/mol. The van der Waals surface area contributed by atoms with E-state index >= 15 is 0 Å². The van der Waals surface area contributed by atoms with Gasteiger partial charge in [0.15, 0.2) is 6.61 Å². The summed E-state index contributed by atoms with van der Waals surface area (Å²) >= 11 is 0. The summed E-state index contributed by atoms with van der Waals surface area (Å²) in [7, 11) is 3.41. The maximum Gasteiger partial charge on any atom is 0.260 e. The van der Waals surface area contributed by atoms with Gasteiger partial charge in [-0.25, -0.2) is 0 Å². The van der Waals surface area contributed by atoms with Crippen LogP contribution in [-0.4, -0.2) is 44.7 Å². The van der Waals surface area contributed by atoms with E-state index in [1.807, 2.05) is 25.1 Å². The number of hydrogen-bond donors (Lipinski definition) is 1. The standard InChI is InChI=1S/C16H26N2O3/c1-5-9-17-11-13-10-14(20-4)7-8-15(13)21-12-16(19)18(3)6-2/h7-8,10,17H,5-6,9,11-12H2,1-4H3. The summed E-state index contributed by atoms with van der Waals surface area (Å²) in [6.07, 6.45) is 1.07. The second kappa shape index (κ2) is 9.23. The first kappa shape index (κ1) is 17.3. The van der Waals surface area contributed by atoms with Crippen molar-refractivity contribution in [2.75, 3.05) is 33.9 Å². The Morgan fingerprint density at radius 2 is 2.10 bits per heavy atom. The van der Waals surface area contributed by atoms with Gasteiger partial charge in [-0.1, -0.05) is 6.92 Å². The van der Waals surface area contributed by atoms with Crippen LogP contribution in [0.4, 0.5) is 0 Å². The van der Waals surface area contributed by atoms with Crippen LogP contribution in [-0.2, 0) is 11.3 Å². The number of hydrogen-bond acceptors (Lipinski definition) is 4. The van der Waals surface area contributed by atoms with E-state index in [1.165, 1.54) is 0 Å². The number of rotatable bonds is 9. The van der Waals surface area contributed by atoms with Crippen molar-refractivity contribution in [1.82, 2.24) is 10.2 Å². The highest BCUT2D eigenvalue weighted by Crippen LogP contribution is 2.24. The molecule has 0 aliphatic rings. The van der Waals surface area contributed by atoms with Crippen LogP contribution in [0.1, 0.15) is 25.8 Å². The number of carbonyl (C=O) groups excluding carboxylic acids is 1. The van der Waals surface area contributed by atoms with Crippen molar-refractivity contribution in [2.24, 2.45) is 0 Å². The fourth-order valence-corrected chi connectivity index (χ4v) is 1.79. The molecule has 0 spiro atoms. The van der Waals surface area contributed by atoms with E-state index in [0.717, 1.165) is 30.0 Å². The Bertz CT molecular complexity index is 449. The number of benzene rings is 1. The topological polar surface area (TPSA) is 50.8 Å². The summed E-state index contributed by atoms with van der Waals surface area (Å²) in [6, 6.07) is 5.62. The molecular weight excluding hydrogens is 268 g/mol. The predicted molar refractivity (Wildman–Crippen MR) is 83.8 cm³/mol. The van der Waals surface area contributed by atoms with Crippen LogP contribution < -0.4 is 14.8 Å². The molecule has 5 heteroatoms. The summed E-state index contributed by atoms with van der Waals surface area (Å²) in [5.74, 6) is 1.48. The maximum atomic E-state index is 11.8. The zero-order chi connectivity index (χ0) is 15.7. The molecule has 118 valence electrons. The molecule has 0 aliphatic heterocycles. The Labute approximate surface area is 127 Å². The number of ether oxygens (including phenoxy) is 2. The number of likely N-dealkylation sites (N-methyl/N-ethyl adjacent to an activating group) is 1. The minimum atomic E-state index is -0.0271. The molecule has 0 saturated carbocycles. The van der Waals surface area contributed by atoms with E-state index in [9.17, 15) is 4.79 Å². The SMILES string of the molecule is CCCNCc1cc(OC)ccc1OCC(=O)N(C)CC. The Morgan fingerprint density at radius 3 is 2.71 bits per heavy atom. The molecule has 0 saturated heterocycles. The minimum absolute atomic E-state index is 0.0271. The summed E-state index contributed by atoms with van der Waals surface area (Å²) in [5.41, 5.74) is 0.995. The highest BCUT2D eigenvalue weighted by molar-refractivity contribution is 5.77. The first-order valence-corrected chi connectivity index (χ1v) is 7.36. The van der Waals surface area contributed by atoms with Gasteiger partial charge in [0.05, 0.1) is 7.11 Å². The molecule has 0 atom stereocenters. The summed E-state index contributed by atoms with van der Waals surface area (Å²) in [6.45, 7) is 6.42. The van der Waals surface area contributed by atoms with Crippen LogP contribution in [0.5, 0.6) is 11.5 Å². The molecular formula is C16H26N2O3. The third-order valence-electron chi connectivity index (χ3n) is 3.26. The van der Waals surface area contributed by atoms with Crippen LogP contribution in [0.2, 0.25) is 0 Å². The molecule has 1 rings (SSSR count). The Kier molecular flexibility index (Phi) is 7.61. The fourth-order valence-electron chi connectivity index (χ4n) is 1.79. The Hall–Kier alpha value is -1.75. The van der Waals surface area contributed by atoms with Crippen LogP contribution in [0, 0.1) is 0 Å². The lowest BCUT2D eigenvalue weighted by Gasteiger charge is -2.17. The smallest absolute Gasteiger partial charge is 0.260 e. The van der Waals surface area contributed by atoms with E-state index in [0.29, 0.717) is 13.1 Å². The Morgan fingerprint density at radius 1 is 1.33 bits per heavy atom. The van der Waals surface area contributed by atoms with E-state index in [2.05, 4.69) is 12.2 Å². The lowest BCUT2D eigenvalue weighted by molar-refractivity contribution is -0.131. The van der Waals surface area contributed by atoms with Crippen molar-refractivity contribution in [1.29, 1.82) is 0 Å². The highest BCUT2D eigenvalue weighted by atomic mass is 16.5. The monoisotopic (exact) mass is 294 g/mol. The molecule has 0 aromatic heterocycles. The van der Waals surface area contributed by atoms with Gasteiger partial charge in [0.1, 0.15) is 11.5 Å². The Balaban J connectivity index is 2.72. The number of nitrogens with one attached hydrogen (secondary N) is 1. The summed E-state index contributed by atoms with van der Waals surface area (Å²) < 4.78 is 10.9. The van der Waals surface area contributed by atoms with Crippen molar-refractivity contribution in [2.45, 2.75) is 26.8 Å². The van der Waals surface area contributed by atoms with Gasteiger partial charge in [0.25, 0.3) is 5.91 Å². The summed E-state index contributed by atoms with van der Waals surface area (Å²) in [5, 5.41) is 3.33. The molecule has 0 unspecified atom stereocenters. The molecule has 0 radical (unpaired) electrons. The molecule has 0 fully saturated rings. The largest absolute Gasteiger partial charge is 0.497 e. The van der Waals surface area contributed by atoms with E-state index < -0.39 is 0 Å². The van der Waals surface area contributed by atoms with Gasteiger partial charge in [0, 0.05) is 25.7 Å². The second-order valence-corrected chi connectivity index (χ2v) is 4.85. The molecule has 1 amide bonds. The second-order valence-electron chi connectivity index (χ2n) is 4.85. The molecule has 0 aliphatic carbocycles. The molecule has 1 aromatic carbocycles. The van der Waals surface area contributed by atoms with Crippen molar-refractivity contribution < 1.29 is 14.3 Å². The number of methoxy groups -OCH3 is 1. The number of amides is 1. The van der Waals surface area contributed by atoms with E-state index in [4.69, 9.17) is 9.47 Å². The van der Waals surface area contributed by atoms with Gasteiger partial charge >= 0.3 is 0 Å². The molecule has 21 heavy (non-hydrogen) atoms. The fraction of sp³-hybridized carbons (Fsp3) is 0.562. The molecule has 1 N–H and O–H groups in total. The molecule has 5 nitrogen and oxygen atoms in total. The van der Waals surface area contributed by atoms with Gasteiger partial charge < -0.3 is 19.7 Å². The summed E-state index contributed by atoms with van der Waals surface area (Å²) in [4.78, 5) is 13.4. The van der Waals surface area contributed by atoms with Crippen molar-refractivity contribution in [3.63, 3.8) is 0 Å². The lowest BCUT2D eigenvalue weighted by Crippen LogP contribution is -2.31. The molecule has 0 heterocycles. The van der Waals surface area contributed by atoms with Gasteiger partial charge in [-0.3, -0.25) is 4.79 Å². The zero-order valence-corrected chi connectivity index (χ0v) is 13.4. The first-order valence-electron chi connectivity index (χ1n) is 7.36. The maximum absolute atomic E-state index is 11.8. The highest BCUT2D eigenvalue weighted by Gasteiger charge is 2.10. The van der Waals surface area contributed by atoms with Gasteiger partial charge in [0.2, 0.25) is 0 Å². The third-order valence-corrected chi connectivity index (χ3v) is 3.26. The van der Waals surface area contributed by atoms with Gasteiger partial charge in [-0.2, -0.15) is 0 Å². The predicted octanol–water partition coefficient (Wildman–Crippen LogP) is 2.05. The van der Waals surface area contributed by atoms with Crippen LogP contribution in [0.15, 0.2) is 18.2 Å². The van der Waals surface area contributed by atoms with E-state index in [1.54, 1.807) is 19.1 Å². The van der Waals surface area contributed by atoms with E-state index in [-0.39, 0.29) is 12.5 Å². The zero-order valence-electron chi connectivity index (χ0n) is 13.4. The normalized spacial score (nSPS) is 10.3. The van der Waals surface area contributed by atoms with Crippen molar-refractivity contribution in [3.05, 3.63) is 23.8 Å². The lowest BCUT2D eigenvalue weighted by atomic mass is 10.2. The third kappa shape index (κ3) is 5.63. The minimum Gasteiger partial charge on any atom is -0.497 e. The van der Waals surface area contributed by atoms with Crippen molar-refractivity contribution in [3.8, 4) is 11.5 Å². The average Bonchev–Trinajstić information content (AvgIpc) is 2.52. The van der Waals surface area contributed by atoms with Gasteiger partial charge in [-0.15, -0.1) is 0 Å². The number of nitrogens with zero attached hydrogens (tertiary/aromatic N) is 1. The van der Waals surface area contributed by atoms with Crippen LogP contribution >= 0.6 is 0 Å². The van der Waals surface area contributed by atoms with Gasteiger partial charge in [-0.05, 0) is 38.1 Å². The number of carbonyl (C=O) groups is 1. The van der Waals surface area contributed by atoms with Crippen LogP contribution in [0.25, 0.3) is 0 Å². The molecule has 0 bridgehead atoms. The quantitative estimate of drug-likeness (QED) is 0.708.